The number of carbonyl (C=O) groups is 2. The van der Waals surface area contributed by atoms with E-state index in [-0.39, 0.29) is 21.6 Å². The van der Waals surface area contributed by atoms with Crippen molar-refractivity contribution in [2.75, 3.05) is 10.6 Å². The Labute approximate surface area is 187 Å². The highest BCUT2D eigenvalue weighted by Gasteiger charge is 2.13. The van der Waals surface area contributed by atoms with Gasteiger partial charge in [0.2, 0.25) is 0 Å². The second kappa shape index (κ2) is 9.67. The van der Waals surface area contributed by atoms with Crippen molar-refractivity contribution < 1.29 is 14.0 Å². The molecule has 0 aliphatic heterocycles. The molecule has 3 aromatic rings. The minimum Gasteiger partial charge on any atom is -0.332 e. The third-order valence-electron chi connectivity index (χ3n) is 3.89. The molecule has 0 aliphatic rings. The summed E-state index contributed by atoms with van der Waals surface area (Å²) in [5.41, 5.74) is 1.52. The van der Waals surface area contributed by atoms with Crippen LogP contribution in [-0.4, -0.2) is 16.9 Å². The van der Waals surface area contributed by atoms with Gasteiger partial charge in [-0.3, -0.25) is 14.9 Å². The molecule has 0 spiro atoms. The molecule has 0 saturated carbocycles. The third-order valence-corrected chi connectivity index (χ3v) is 4.64. The van der Waals surface area contributed by atoms with Gasteiger partial charge in [-0.25, -0.2) is 4.39 Å². The maximum absolute atomic E-state index is 13.0. The number of hydrogen-bond acceptors (Lipinski definition) is 3. The molecule has 3 rings (SSSR count). The number of amides is 2. The largest absolute Gasteiger partial charge is 0.332 e. The van der Waals surface area contributed by atoms with Crippen molar-refractivity contribution in [2.45, 2.75) is 0 Å². The number of anilines is 2. The van der Waals surface area contributed by atoms with Gasteiger partial charge in [0.05, 0.1) is 10.6 Å². The smallest absolute Gasteiger partial charge is 0.258 e. The summed E-state index contributed by atoms with van der Waals surface area (Å²) in [7, 11) is 0. The Hall–Kier alpha value is -3.00. The van der Waals surface area contributed by atoms with Crippen molar-refractivity contribution in [2.24, 2.45) is 0 Å². The maximum Gasteiger partial charge on any atom is 0.258 e. The van der Waals surface area contributed by atoms with E-state index >= 15 is 0 Å². The van der Waals surface area contributed by atoms with Gasteiger partial charge in [0.25, 0.3) is 11.8 Å². The van der Waals surface area contributed by atoms with Crippen LogP contribution in [0.4, 0.5) is 15.8 Å². The fourth-order valence-electron chi connectivity index (χ4n) is 2.48. The van der Waals surface area contributed by atoms with Crippen LogP contribution in [0, 0.1) is 5.82 Å². The lowest BCUT2D eigenvalue weighted by atomic mass is 10.2. The summed E-state index contributed by atoms with van der Waals surface area (Å²) in [6.45, 7) is 0. The summed E-state index contributed by atoms with van der Waals surface area (Å²) in [5, 5.41) is 8.66. The molecule has 0 atom stereocenters. The predicted octanol–water partition coefficient (Wildman–Crippen LogP) is 5.51. The Morgan fingerprint density at radius 3 is 2.27 bits per heavy atom. The van der Waals surface area contributed by atoms with E-state index in [0.717, 1.165) is 0 Å². The van der Waals surface area contributed by atoms with Crippen LogP contribution in [0.1, 0.15) is 20.7 Å². The lowest BCUT2D eigenvalue weighted by molar-refractivity contribution is 0.0976. The molecule has 0 fully saturated rings. The molecule has 3 N–H and O–H groups in total. The van der Waals surface area contributed by atoms with E-state index in [1.165, 1.54) is 36.4 Å². The number of nitrogens with one attached hydrogen (secondary N) is 3. The van der Waals surface area contributed by atoms with Crippen molar-refractivity contribution in [1.29, 1.82) is 0 Å². The average molecular weight is 462 g/mol. The highest BCUT2D eigenvalue weighted by atomic mass is 35.5. The summed E-state index contributed by atoms with van der Waals surface area (Å²) < 4.78 is 13.0. The van der Waals surface area contributed by atoms with Gasteiger partial charge in [0.15, 0.2) is 5.11 Å². The summed E-state index contributed by atoms with van der Waals surface area (Å²) in [6.07, 6.45) is 0. The van der Waals surface area contributed by atoms with Gasteiger partial charge in [0.1, 0.15) is 5.82 Å². The van der Waals surface area contributed by atoms with Crippen LogP contribution in [-0.2, 0) is 0 Å². The number of thiocarbonyl (C=S) groups is 1. The lowest BCUT2D eigenvalue weighted by Gasteiger charge is -2.12. The Morgan fingerprint density at radius 1 is 0.833 bits per heavy atom. The zero-order chi connectivity index (χ0) is 21.7. The normalized spacial score (nSPS) is 10.2. The first kappa shape index (κ1) is 21.7. The van der Waals surface area contributed by atoms with E-state index in [1.54, 1.807) is 30.3 Å². The molecule has 0 radical (unpaired) electrons. The zero-order valence-corrected chi connectivity index (χ0v) is 17.5. The maximum atomic E-state index is 13.0. The fraction of sp³-hybridized carbons (Fsp3) is 0. The first-order chi connectivity index (χ1) is 14.3. The summed E-state index contributed by atoms with van der Waals surface area (Å²) >= 11 is 17.0. The molecule has 2 amide bonds. The van der Waals surface area contributed by atoms with E-state index in [1.807, 2.05) is 0 Å². The van der Waals surface area contributed by atoms with Crippen LogP contribution in [0.15, 0.2) is 66.7 Å². The molecular weight excluding hydrogens is 448 g/mol. The number of halogens is 3. The lowest BCUT2D eigenvalue weighted by Crippen LogP contribution is -2.34. The van der Waals surface area contributed by atoms with Crippen LogP contribution in [0.3, 0.4) is 0 Å². The van der Waals surface area contributed by atoms with Gasteiger partial charge in [-0.2, -0.15) is 0 Å². The summed E-state index contributed by atoms with van der Waals surface area (Å²) in [5.74, 6) is -1.28. The molecule has 152 valence electrons. The molecular formula is C21H14Cl2FN3O2S. The van der Waals surface area contributed by atoms with Crippen LogP contribution >= 0.6 is 35.4 Å². The number of hydrogen-bond donors (Lipinski definition) is 3. The van der Waals surface area contributed by atoms with Crippen molar-refractivity contribution in [3.63, 3.8) is 0 Å². The van der Waals surface area contributed by atoms with Gasteiger partial charge in [-0.1, -0.05) is 29.3 Å². The Balaban J connectivity index is 1.64. The molecule has 9 heteroatoms. The van der Waals surface area contributed by atoms with Crippen molar-refractivity contribution in [3.05, 3.63) is 93.7 Å². The van der Waals surface area contributed by atoms with Crippen LogP contribution < -0.4 is 16.0 Å². The quantitative estimate of drug-likeness (QED) is 0.447. The average Bonchev–Trinajstić information content (AvgIpc) is 2.69. The van der Waals surface area contributed by atoms with Gasteiger partial charge in [-0.05, 0) is 72.9 Å². The van der Waals surface area contributed by atoms with Crippen molar-refractivity contribution in [1.82, 2.24) is 5.32 Å². The van der Waals surface area contributed by atoms with E-state index in [4.69, 9.17) is 35.4 Å². The van der Waals surface area contributed by atoms with E-state index in [9.17, 15) is 14.0 Å². The van der Waals surface area contributed by atoms with E-state index in [0.29, 0.717) is 22.0 Å². The summed E-state index contributed by atoms with van der Waals surface area (Å²) in [4.78, 5) is 24.7. The molecule has 0 aromatic heterocycles. The van der Waals surface area contributed by atoms with Gasteiger partial charge < -0.3 is 10.6 Å². The standard InChI is InChI=1S/C21H14Cl2FN3O2S/c22-13-4-9-17(18(23)11-13)20(29)27-21(30)26-16-3-1-2-12(10-16)19(28)25-15-7-5-14(24)6-8-15/h1-11H,(H,25,28)(H2,26,27,29,30). The van der Waals surface area contributed by atoms with Gasteiger partial charge in [-0.15, -0.1) is 0 Å². The highest BCUT2D eigenvalue weighted by molar-refractivity contribution is 7.80. The number of benzene rings is 3. The SMILES string of the molecule is O=C(Nc1ccc(F)cc1)c1cccc(NC(=S)NC(=O)c2ccc(Cl)cc2Cl)c1. The molecule has 3 aromatic carbocycles. The van der Waals surface area contributed by atoms with Crippen LogP contribution in [0.25, 0.3) is 0 Å². The second-order valence-electron chi connectivity index (χ2n) is 6.07. The molecule has 0 heterocycles. The Bertz CT molecular complexity index is 1120. The predicted molar refractivity (Wildman–Crippen MR) is 121 cm³/mol. The summed E-state index contributed by atoms with van der Waals surface area (Å²) in [6, 6.07) is 16.4. The van der Waals surface area contributed by atoms with E-state index < -0.39 is 11.7 Å². The van der Waals surface area contributed by atoms with Gasteiger partial charge >= 0.3 is 0 Å². The molecule has 0 aliphatic carbocycles. The van der Waals surface area contributed by atoms with Crippen molar-refractivity contribution >= 4 is 63.7 Å². The molecule has 30 heavy (non-hydrogen) atoms. The van der Waals surface area contributed by atoms with E-state index in [2.05, 4.69) is 16.0 Å². The molecule has 0 bridgehead atoms. The third kappa shape index (κ3) is 5.76. The Kier molecular flexibility index (Phi) is 6.99. The minimum absolute atomic E-state index is 0.0297. The fourth-order valence-corrected chi connectivity index (χ4v) is 3.19. The minimum atomic E-state index is -0.501. The monoisotopic (exact) mass is 461 g/mol. The van der Waals surface area contributed by atoms with Gasteiger partial charge in [0, 0.05) is 22.0 Å². The molecule has 0 saturated heterocycles. The number of rotatable bonds is 4. The van der Waals surface area contributed by atoms with Crippen LogP contribution in [0.2, 0.25) is 10.0 Å². The Morgan fingerprint density at radius 2 is 1.57 bits per heavy atom. The topological polar surface area (TPSA) is 70.2 Å². The highest BCUT2D eigenvalue weighted by Crippen LogP contribution is 2.21. The molecule has 0 unspecified atom stereocenters. The molecule has 5 nitrogen and oxygen atoms in total. The zero-order valence-electron chi connectivity index (χ0n) is 15.2. The van der Waals surface area contributed by atoms with Crippen LogP contribution in [0.5, 0.6) is 0 Å². The first-order valence-corrected chi connectivity index (χ1v) is 9.72. The van der Waals surface area contributed by atoms with Crippen molar-refractivity contribution in [3.8, 4) is 0 Å². The number of carbonyl (C=O) groups excluding carboxylic acids is 2. The first-order valence-electron chi connectivity index (χ1n) is 8.56. The second-order valence-corrected chi connectivity index (χ2v) is 7.33.